The number of aliphatic hydroxyl groups excluding tert-OH is 1. The zero-order chi connectivity index (χ0) is 14.6. The average Bonchev–Trinajstić information content (AvgIpc) is 2.58. The topological polar surface area (TPSA) is 84.9 Å². The minimum atomic E-state index is -0.748. The van der Waals surface area contributed by atoms with Gasteiger partial charge in [-0.25, -0.2) is 4.79 Å². The molecule has 0 saturated heterocycles. The minimum Gasteiger partial charge on any atom is -0.466 e. The Labute approximate surface area is 113 Å². The highest BCUT2D eigenvalue weighted by molar-refractivity contribution is 5.73. The van der Waals surface area contributed by atoms with Crippen molar-refractivity contribution >= 4 is 12.1 Å². The van der Waals surface area contributed by atoms with Crippen LogP contribution < -0.4 is 5.32 Å². The second-order valence-corrected chi connectivity index (χ2v) is 5.74. The number of carbonyl (C=O) groups excluding carboxylic acids is 2. The molecule has 1 saturated carbocycles. The van der Waals surface area contributed by atoms with E-state index in [1.54, 1.807) is 27.7 Å². The predicted molar refractivity (Wildman–Crippen MR) is 68.5 cm³/mol. The number of hydrogen-bond acceptors (Lipinski definition) is 5. The summed E-state index contributed by atoms with van der Waals surface area (Å²) in [6.07, 6.45) is -0.651. The average molecular weight is 273 g/mol. The molecule has 1 aliphatic rings. The summed E-state index contributed by atoms with van der Waals surface area (Å²) in [6.45, 7) is 7.34. The summed E-state index contributed by atoms with van der Waals surface area (Å²) in [7, 11) is 0. The Bertz CT molecular complexity index is 336. The highest BCUT2D eigenvalue weighted by atomic mass is 16.6. The molecule has 6 heteroatoms. The van der Waals surface area contributed by atoms with Crippen LogP contribution in [0.2, 0.25) is 0 Å². The van der Waals surface area contributed by atoms with Crippen LogP contribution in [0.3, 0.4) is 0 Å². The van der Waals surface area contributed by atoms with E-state index < -0.39 is 23.8 Å². The van der Waals surface area contributed by atoms with Crippen LogP contribution in [0.4, 0.5) is 4.79 Å². The van der Waals surface area contributed by atoms with Gasteiger partial charge in [0, 0.05) is 0 Å². The van der Waals surface area contributed by atoms with Gasteiger partial charge in [-0.3, -0.25) is 4.79 Å². The van der Waals surface area contributed by atoms with Crippen LogP contribution in [0.5, 0.6) is 0 Å². The molecule has 0 aromatic rings. The molecule has 0 aliphatic heterocycles. The number of aliphatic hydroxyl groups is 1. The molecule has 1 rings (SSSR count). The summed E-state index contributed by atoms with van der Waals surface area (Å²) in [6, 6.07) is -0.468. The lowest BCUT2D eigenvalue weighted by Crippen LogP contribution is -2.42. The molecule has 0 spiro atoms. The molecule has 0 heterocycles. The molecule has 1 aliphatic carbocycles. The van der Waals surface area contributed by atoms with E-state index in [0.29, 0.717) is 19.4 Å². The molecule has 1 fully saturated rings. The van der Waals surface area contributed by atoms with Crippen LogP contribution in [-0.2, 0) is 14.3 Å². The number of nitrogens with one attached hydrogen (secondary N) is 1. The molecule has 3 atom stereocenters. The van der Waals surface area contributed by atoms with Gasteiger partial charge in [-0.1, -0.05) is 0 Å². The third kappa shape index (κ3) is 5.06. The first kappa shape index (κ1) is 15.8. The Morgan fingerprint density at radius 1 is 1.32 bits per heavy atom. The van der Waals surface area contributed by atoms with Crippen LogP contribution in [0.1, 0.15) is 40.5 Å². The van der Waals surface area contributed by atoms with Gasteiger partial charge in [0.25, 0.3) is 0 Å². The van der Waals surface area contributed by atoms with Crippen molar-refractivity contribution in [2.45, 2.75) is 58.3 Å². The van der Waals surface area contributed by atoms with Crippen LogP contribution in [-0.4, -0.2) is 41.5 Å². The second-order valence-electron chi connectivity index (χ2n) is 5.74. The number of carbonyl (C=O) groups is 2. The fourth-order valence-corrected chi connectivity index (χ4v) is 2.08. The van der Waals surface area contributed by atoms with Gasteiger partial charge in [-0.05, 0) is 40.5 Å². The van der Waals surface area contributed by atoms with Crippen molar-refractivity contribution in [3.05, 3.63) is 0 Å². The first-order valence-corrected chi connectivity index (χ1v) is 6.57. The Morgan fingerprint density at radius 2 is 1.95 bits per heavy atom. The Kier molecular flexibility index (Phi) is 5.17. The second kappa shape index (κ2) is 6.23. The van der Waals surface area contributed by atoms with Gasteiger partial charge in [0.2, 0.25) is 0 Å². The van der Waals surface area contributed by atoms with Gasteiger partial charge in [0.1, 0.15) is 5.60 Å². The van der Waals surface area contributed by atoms with E-state index in [0.717, 1.165) is 0 Å². The Hall–Kier alpha value is -1.30. The number of esters is 1. The van der Waals surface area contributed by atoms with Crippen molar-refractivity contribution in [2.75, 3.05) is 6.61 Å². The SMILES string of the molecule is CCOC(=O)[C@@H]1C[C@@H](O)[C@@H](NC(=O)OC(C)(C)C)C1. The summed E-state index contributed by atoms with van der Waals surface area (Å²) in [5.74, 6) is -0.690. The van der Waals surface area contributed by atoms with Crippen molar-refractivity contribution in [3.63, 3.8) is 0 Å². The van der Waals surface area contributed by atoms with E-state index in [1.807, 2.05) is 0 Å². The van der Waals surface area contributed by atoms with Gasteiger partial charge in [0.15, 0.2) is 0 Å². The third-order valence-corrected chi connectivity index (χ3v) is 2.85. The van der Waals surface area contributed by atoms with Crippen molar-refractivity contribution < 1.29 is 24.2 Å². The Morgan fingerprint density at radius 3 is 2.47 bits per heavy atom. The highest BCUT2D eigenvalue weighted by Gasteiger charge is 2.39. The zero-order valence-corrected chi connectivity index (χ0v) is 11.9. The number of hydrogen-bond donors (Lipinski definition) is 2. The molecule has 2 N–H and O–H groups in total. The van der Waals surface area contributed by atoms with Crippen LogP contribution >= 0.6 is 0 Å². The third-order valence-electron chi connectivity index (χ3n) is 2.85. The summed E-state index contributed by atoms with van der Waals surface area (Å²) < 4.78 is 10.0. The normalized spacial score (nSPS) is 26.9. The number of alkyl carbamates (subject to hydrolysis) is 1. The van der Waals surface area contributed by atoms with Gasteiger partial charge >= 0.3 is 12.1 Å². The summed E-state index contributed by atoms with van der Waals surface area (Å²) in [5.41, 5.74) is -0.589. The lowest BCUT2D eigenvalue weighted by Gasteiger charge is -2.22. The Balaban J connectivity index is 2.48. The molecule has 1 amide bonds. The summed E-state index contributed by atoms with van der Waals surface area (Å²) in [5, 5.41) is 12.4. The number of amides is 1. The summed E-state index contributed by atoms with van der Waals surface area (Å²) in [4.78, 5) is 23.2. The van der Waals surface area contributed by atoms with E-state index in [9.17, 15) is 14.7 Å². The lowest BCUT2D eigenvalue weighted by molar-refractivity contribution is -0.148. The quantitative estimate of drug-likeness (QED) is 0.755. The van der Waals surface area contributed by atoms with Crippen molar-refractivity contribution in [2.24, 2.45) is 5.92 Å². The van der Waals surface area contributed by atoms with Crippen molar-refractivity contribution in [1.29, 1.82) is 0 Å². The minimum absolute atomic E-state index is 0.305. The highest BCUT2D eigenvalue weighted by Crippen LogP contribution is 2.27. The molecule has 0 unspecified atom stereocenters. The van der Waals surface area contributed by atoms with Crippen molar-refractivity contribution in [3.8, 4) is 0 Å². The van der Waals surface area contributed by atoms with Crippen molar-refractivity contribution in [1.82, 2.24) is 5.32 Å². The fraction of sp³-hybridized carbons (Fsp3) is 0.846. The van der Waals surface area contributed by atoms with Gasteiger partial charge < -0.3 is 19.9 Å². The van der Waals surface area contributed by atoms with Crippen LogP contribution in [0.15, 0.2) is 0 Å². The monoisotopic (exact) mass is 273 g/mol. The maximum Gasteiger partial charge on any atom is 0.407 e. The van der Waals surface area contributed by atoms with E-state index in [2.05, 4.69) is 5.32 Å². The molecule has 0 radical (unpaired) electrons. The maximum atomic E-state index is 11.6. The molecule has 6 nitrogen and oxygen atoms in total. The van der Waals surface area contributed by atoms with E-state index >= 15 is 0 Å². The van der Waals surface area contributed by atoms with Crippen LogP contribution in [0.25, 0.3) is 0 Å². The molecule has 0 aromatic heterocycles. The fourth-order valence-electron chi connectivity index (χ4n) is 2.08. The van der Waals surface area contributed by atoms with E-state index in [-0.39, 0.29) is 11.9 Å². The zero-order valence-electron chi connectivity index (χ0n) is 11.9. The molecular weight excluding hydrogens is 250 g/mol. The van der Waals surface area contributed by atoms with E-state index in [1.165, 1.54) is 0 Å². The maximum absolute atomic E-state index is 11.6. The van der Waals surface area contributed by atoms with Gasteiger partial charge in [0.05, 0.1) is 24.7 Å². The number of ether oxygens (including phenoxy) is 2. The predicted octanol–water partition coefficient (Wildman–Crippen LogP) is 1.21. The van der Waals surface area contributed by atoms with Gasteiger partial charge in [-0.2, -0.15) is 0 Å². The molecular formula is C13H23NO5. The first-order chi connectivity index (χ1) is 8.73. The standard InChI is InChI=1S/C13H23NO5/c1-5-18-11(16)8-6-9(10(15)7-8)14-12(17)19-13(2,3)4/h8-10,15H,5-7H2,1-4H3,(H,14,17)/t8-,9-,10+/m0/s1. The lowest BCUT2D eigenvalue weighted by atomic mass is 10.1. The largest absolute Gasteiger partial charge is 0.466 e. The first-order valence-electron chi connectivity index (χ1n) is 6.57. The molecule has 110 valence electrons. The number of rotatable bonds is 3. The smallest absolute Gasteiger partial charge is 0.407 e. The van der Waals surface area contributed by atoms with Gasteiger partial charge in [-0.15, -0.1) is 0 Å². The van der Waals surface area contributed by atoms with Crippen LogP contribution in [0, 0.1) is 5.92 Å². The van der Waals surface area contributed by atoms with E-state index in [4.69, 9.17) is 9.47 Å². The summed E-state index contributed by atoms with van der Waals surface area (Å²) >= 11 is 0. The molecule has 0 bridgehead atoms. The molecule has 0 aromatic carbocycles. The molecule has 19 heavy (non-hydrogen) atoms.